The van der Waals surface area contributed by atoms with Gasteiger partial charge in [-0.05, 0) is 6.07 Å². The van der Waals surface area contributed by atoms with Gasteiger partial charge in [-0.2, -0.15) is 0 Å². The van der Waals surface area contributed by atoms with Crippen LogP contribution in [-0.4, -0.2) is 0 Å². The van der Waals surface area contributed by atoms with E-state index in [1.54, 1.807) is 6.07 Å². The minimum atomic E-state index is 0.355. The summed E-state index contributed by atoms with van der Waals surface area (Å²) in [6.45, 7) is 0. The molecular weight excluding hydrogens is 122 g/mol. The second-order valence-corrected chi connectivity index (χ2v) is 1.65. The van der Waals surface area contributed by atoms with Crippen LogP contribution < -0.4 is 4.90 Å². The molecule has 0 amide bonds. The van der Waals surface area contributed by atoms with Gasteiger partial charge in [0, 0.05) is 4.90 Å². The van der Waals surface area contributed by atoms with E-state index in [-0.39, 0.29) is 0 Å². The molecule has 0 unspecified atom stereocenters. The van der Waals surface area contributed by atoms with Crippen molar-refractivity contribution in [2.45, 2.75) is 0 Å². The number of hydrogen-bond donors (Lipinski definition) is 0. The zero-order chi connectivity index (χ0) is 6.27. The van der Waals surface area contributed by atoms with E-state index in [0.29, 0.717) is 16.1 Å². The van der Waals surface area contributed by atoms with Crippen LogP contribution in [0.5, 0.6) is 0 Å². The van der Waals surface area contributed by atoms with Crippen LogP contribution >= 0.6 is 0 Å². The van der Waals surface area contributed by atoms with Crippen molar-refractivity contribution in [2.24, 2.45) is 0 Å². The number of nitrogens with zero attached hydrogens (tertiary/aromatic N) is 1. The fourth-order valence-electron chi connectivity index (χ4n) is 0.698. The summed E-state index contributed by atoms with van der Waals surface area (Å²) in [4.78, 5) is 0.355. The highest BCUT2D eigenvalue weighted by Gasteiger charge is 2.02. The van der Waals surface area contributed by atoms with Gasteiger partial charge in [-0.15, -0.1) is 0 Å². The van der Waals surface area contributed by atoms with Crippen molar-refractivity contribution in [2.75, 3.05) is 0 Å². The van der Waals surface area contributed by atoms with Crippen molar-refractivity contribution < 1.29 is 13.8 Å². The van der Waals surface area contributed by atoms with Gasteiger partial charge < -0.3 is 8.94 Å². The molecular formula is C5H3NO3. The van der Waals surface area contributed by atoms with E-state index in [1.807, 2.05) is 0 Å². The molecule has 0 fully saturated rings. The number of hydrogen-bond acceptors (Lipinski definition) is 3. The average Bonchev–Trinajstić information content (AvgIpc) is 2.22. The van der Waals surface area contributed by atoms with Gasteiger partial charge in [-0.1, -0.05) is 0 Å². The molecule has 2 aromatic rings. The van der Waals surface area contributed by atoms with Gasteiger partial charge in [0.05, 0.1) is 6.26 Å². The van der Waals surface area contributed by atoms with Crippen LogP contribution in [0.1, 0.15) is 0 Å². The Morgan fingerprint density at radius 1 is 1.44 bits per heavy atom. The molecule has 0 aliphatic heterocycles. The topological polar surface area (TPSA) is 53.2 Å². The minimum Gasteiger partial charge on any atom is -0.457 e. The molecule has 9 heavy (non-hydrogen) atoms. The Kier molecular flexibility index (Phi) is 0.631. The molecule has 0 radical (unpaired) electrons. The van der Waals surface area contributed by atoms with E-state index in [2.05, 4.69) is 4.52 Å². The van der Waals surface area contributed by atoms with Gasteiger partial charge in [0.15, 0.2) is 0 Å². The highest BCUT2D eigenvalue weighted by atomic mass is 16.7. The van der Waals surface area contributed by atoms with Gasteiger partial charge in [-0.3, -0.25) is 5.21 Å². The van der Waals surface area contributed by atoms with Crippen LogP contribution in [-0.2, 0) is 0 Å². The Labute approximate surface area is 49.8 Å². The molecule has 2 aromatic heterocycles. The first kappa shape index (κ1) is 4.43. The lowest BCUT2D eigenvalue weighted by Crippen LogP contribution is -2.19. The Hall–Kier alpha value is -1.45. The molecule has 2 rings (SSSR count). The predicted octanol–water partition coefficient (Wildman–Crippen LogP) is 0.659. The quantitative estimate of drug-likeness (QED) is 0.486. The summed E-state index contributed by atoms with van der Waals surface area (Å²) in [6, 6.07) is 1.59. The Morgan fingerprint density at radius 3 is 3.11 bits per heavy atom. The van der Waals surface area contributed by atoms with Crippen molar-refractivity contribution in [3.63, 3.8) is 0 Å². The third kappa shape index (κ3) is 0.495. The van der Waals surface area contributed by atoms with Crippen LogP contribution in [0.2, 0.25) is 0 Å². The number of fused-ring (bicyclic) bond motifs is 1. The SMILES string of the molecule is [O-][n+]1cc2occc2o1. The number of furan rings is 1. The van der Waals surface area contributed by atoms with E-state index in [0.717, 1.165) is 0 Å². The second kappa shape index (κ2) is 1.28. The van der Waals surface area contributed by atoms with Crippen LogP contribution in [0.25, 0.3) is 11.2 Å². The first-order valence-corrected chi connectivity index (χ1v) is 2.43. The minimum absolute atomic E-state index is 0.355. The third-order valence-electron chi connectivity index (χ3n) is 1.07. The summed E-state index contributed by atoms with van der Waals surface area (Å²) in [5, 5.41) is 10.3. The Bertz CT molecular complexity index is 293. The Balaban J connectivity index is 2.92. The van der Waals surface area contributed by atoms with Crippen LogP contribution in [0.4, 0.5) is 0 Å². The van der Waals surface area contributed by atoms with Crippen molar-refractivity contribution in [3.05, 3.63) is 23.7 Å². The third-order valence-corrected chi connectivity index (χ3v) is 1.07. The first-order valence-electron chi connectivity index (χ1n) is 2.43. The van der Waals surface area contributed by atoms with Crippen molar-refractivity contribution in [1.82, 2.24) is 0 Å². The molecule has 0 spiro atoms. The van der Waals surface area contributed by atoms with Crippen LogP contribution in [0, 0.1) is 5.21 Å². The summed E-state index contributed by atoms with van der Waals surface area (Å²) >= 11 is 0. The van der Waals surface area contributed by atoms with Gasteiger partial charge in [0.2, 0.25) is 5.58 Å². The monoisotopic (exact) mass is 125 g/mol. The lowest BCUT2D eigenvalue weighted by Gasteiger charge is -1.73. The van der Waals surface area contributed by atoms with Gasteiger partial charge >= 0.3 is 0 Å². The van der Waals surface area contributed by atoms with Gasteiger partial charge in [0.1, 0.15) is 5.58 Å². The summed E-state index contributed by atoms with van der Waals surface area (Å²) in [5.41, 5.74) is 0.954. The second-order valence-electron chi connectivity index (χ2n) is 1.65. The molecule has 0 atom stereocenters. The lowest BCUT2D eigenvalue weighted by atomic mass is 10.5. The highest BCUT2D eigenvalue weighted by Crippen LogP contribution is 2.10. The fraction of sp³-hybridized carbons (Fsp3) is 0. The van der Waals surface area contributed by atoms with E-state index in [9.17, 15) is 5.21 Å². The summed E-state index contributed by atoms with van der Waals surface area (Å²) in [6.07, 6.45) is 2.70. The lowest BCUT2D eigenvalue weighted by molar-refractivity contribution is -0.788. The normalized spacial score (nSPS) is 10.7. The molecule has 4 nitrogen and oxygen atoms in total. The van der Waals surface area contributed by atoms with E-state index >= 15 is 0 Å². The van der Waals surface area contributed by atoms with Crippen LogP contribution in [0.3, 0.4) is 0 Å². The maximum atomic E-state index is 10.3. The zero-order valence-corrected chi connectivity index (χ0v) is 4.40. The van der Waals surface area contributed by atoms with Crippen molar-refractivity contribution in [3.8, 4) is 0 Å². The fourth-order valence-corrected chi connectivity index (χ4v) is 0.698. The molecule has 0 saturated heterocycles. The Morgan fingerprint density at radius 2 is 2.33 bits per heavy atom. The molecule has 0 bridgehead atoms. The first-order chi connectivity index (χ1) is 4.36. The summed E-state index contributed by atoms with van der Waals surface area (Å²) < 4.78 is 9.40. The van der Waals surface area contributed by atoms with E-state index in [1.165, 1.54) is 12.5 Å². The van der Waals surface area contributed by atoms with Crippen LogP contribution in [0.15, 0.2) is 27.5 Å². The molecule has 4 heteroatoms. The maximum Gasteiger partial charge on any atom is 0.277 e. The van der Waals surface area contributed by atoms with E-state index < -0.39 is 0 Å². The van der Waals surface area contributed by atoms with Gasteiger partial charge in [0.25, 0.3) is 6.20 Å². The standard InChI is InChI=1S/C5H3NO3/c7-6-3-5-4(9-6)1-2-8-5/h1-3H. The molecule has 0 saturated carbocycles. The number of aromatic nitrogens is 1. The molecule has 0 aromatic carbocycles. The summed E-state index contributed by atoms with van der Waals surface area (Å²) in [7, 11) is 0. The zero-order valence-electron chi connectivity index (χ0n) is 4.40. The largest absolute Gasteiger partial charge is 0.457 e. The summed E-state index contributed by atoms with van der Waals surface area (Å²) in [5.74, 6) is 0. The predicted molar refractivity (Wildman–Crippen MR) is 27.4 cm³/mol. The van der Waals surface area contributed by atoms with Crippen molar-refractivity contribution in [1.29, 1.82) is 0 Å². The molecule has 46 valence electrons. The number of rotatable bonds is 0. The molecule has 2 heterocycles. The van der Waals surface area contributed by atoms with E-state index in [4.69, 9.17) is 4.42 Å². The highest BCUT2D eigenvalue weighted by molar-refractivity contribution is 5.67. The smallest absolute Gasteiger partial charge is 0.277 e. The molecule has 0 aliphatic rings. The average molecular weight is 125 g/mol. The van der Waals surface area contributed by atoms with Gasteiger partial charge in [-0.25, -0.2) is 0 Å². The van der Waals surface area contributed by atoms with Crippen molar-refractivity contribution >= 4 is 11.2 Å². The molecule has 0 aliphatic carbocycles. The molecule has 0 N–H and O–H groups in total. The maximum absolute atomic E-state index is 10.3.